The molecule has 5 heteroatoms. The van der Waals surface area contributed by atoms with Gasteiger partial charge in [-0.2, -0.15) is 0 Å². The molecule has 0 bridgehead atoms. The first-order valence-corrected chi connectivity index (χ1v) is 5.74. The minimum atomic E-state index is -1.66. The molecule has 2 rings (SSSR count). The second-order valence-electron chi connectivity index (χ2n) is 4.02. The Kier molecular flexibility index (Phi) is 3.62. The molecular formula is C14H8ClF3O. The zero-order valence-electron chi connectivity index (χ0n) is 9.81. The van der Waals surface area contributed by atoms with Gasteiger partial charge in [0.1, 0.15) is 0 Å². The van der Waals surface area contributed by atoms with Crippen molar-refractivity contribution in [2.24, 2.45) is 0 Å². The molecule has 0 saturated carbocycles. The summed E-state index contributed by atoms with van der Waals surface area (Å²) < 4.78 is 39.4. The van der Waals surface area contributed by atoms with Crippen molar-refractivity contribution < 1.29 is 18.0 Å². The summed E-state index contributed by atoms with van der Waals surface area (Å²) in [6.07, 6.45) is 0. The number of hydrogen-bond donors (Lipinski definition) is 0. The lowest BCUT2D eigenvalue weighted by atomic mass is 10.0. The Labute approximate surface area is 112 Å². The SMILES string of the molecule is Cc1cc(C(=O)c2ccc(F)c(F)c2F)ccc1Cl. The summed E-state index contributed by atoms with van der Waals surface area (Å²) in [5.74, 6) is -5.20. The Morgan fingerprint density at radius 3 is 2.37 bits per heavy atom. The summed E-state index contributed by atoms with van der Waals surface area (Å²) in [6.45, 7) is 1.68. The normalized spacial score (nSPS) is 10.6. The molecule has 0 amide bonds. The Morgan fingerprint density at radius 1 is 1.05 bits per heavy atom. The van der Waals surface area contributed by atoms with Crippen LogP contribution in [-0.2, 0) is 0 Å². The fraction of sp³-hybridized carbons (Fsp3) is 0.0714. The molecule has 0 aliphatic rings. The molecule has 98 valence electrons. The molecule has 0 aromatic heterocycles. The van der Waals surface area contributed by atoms with Crippen molar-refractivity contribution >= 4 is 17.4 Å². The predicted molar refractivity (Wildman–Crippen MR) is 65.9 cm³/mol. The summed E-state index contributed by atoms with van der Waals surface area (Å²) in [6, 6.07) is 5.99. The fourth-order valence-electron chi connectivity index (χ4n) is 1.64. The minimum Gasteiger partial charge on any atom is -0.288 e. The summed E-state index contributed by atoms with van der Waals surface area (Å²) in [4.78, 5) is 12.0. The van der Waals surface area contributed by atoms with E-state index in [2.05, 4.69) is 0 Å². The highest BCUT2D eigenvalue weighted by atomic mass is 35.5. The Morgan fingerprint density at radius 2 is 1.74 bits per heavy atom. The molecule has 0 aliphatic heterocycles. The van der Waals surface area contributed by atoms with Crippen molar-refractivity contribution in [3.05, 3.63) is 69.5 Å². The van der Waals surface area contributed by atoms with Crippen LogP contribution in [0.1, 0.15) is 21.5 Å². The highest BCUT2D eigenvalue weighted by Gasteiger charge is 2.20. The van der Waals surface area contributed by atoms with Gasteiger partial charge < -0.3 is 0 Å². The molecule has 0 atom stereocenters. The van der Waals surface area contributed by atoms with E-state index >= 15 is 0 Å². The van der Waals surface area contributed by atoms with Gasteiger partial charge in [-0.05, 0) is 42.8 Å². The molecule has 0 spiro atoms. The van der Waals surface area contributed by atoms with Crippen molar-refractivity contribution in [3.8, 4) is 0 Å². The maximum atomic E-state index is 13.5. The lowest BCUT2D eigenvalue weighted by Crippen LogP contribution is -2.07. The molecule has 0 aliphatic carbocycles. The Bertz CT molecular complexity index is 668. The van der Waals surface area contributed by atoms with E-state index in [1.165, 1.54) is 18.2 Å². The number of halogens is 4. The molecular weight excluding hydrogens is 277 g/mol. The van der Waals surface area contributed by atoms with Crippen LogP contribution in [0.5, 0.6) is 0 Å². The second kappa shape index (κ2) is 5.05. The molecule has 0 radical (unpaired) electrons. The number of carbonyl (C=O) groups excluding carboxylic acids is 1. The monoisotopic (exact) mass is 284 g/mol. The smallest absolute Gasteiger partial charge is 0.196 e. The topological polar surface area (TPSA) is 17.1 Å². The largest absolute Gasteiger partial charge is 0.288 e. The Balaban J connectivity index is 2.50. The van der Waals surface area contributed by atoms with Crippen LogP contribution in [0.2, 0.25) is 5.02 Å². The third kappa shape index (κ3) is 2.49. The van der Waals surface area contributed by atoms with Crippen LogP contribution < -0.4 is 0 Å². The van der Waals surface area contributed by atoms with Gasteiger partial charge in [0, 0.05) is 10.6 Å². The first-order chi connectivity index (χ1) is 8.91. The van der Waals surface area contributed by atoms with E-state index in [0.717, 1.165) is 6.07 Å². The van der Waals surface area contributed by atoms with E-state index < -0.39 is 28.8 Å². The van der Waals surface area contributed by atoms with Gasteiger partial charge in [0.25, 0.3) is 0 Å². The lowest BCUT2D eigenvalue weighted by molar-refractivity contribution is 0.103. The van der Waals surface area contributed by atoms with E-state index in [0.29, 0.717) is 16.7 Å². The summed E-state index contributed by atoms with van der Waals surface area (Å²) in [7, 11) is 0. The number of aryl methyl sites for hydroxylation is 1. The average molecular weight is 285 g/mol. The maximum Gasteiger partial charge on any atom is 0.196 e. The van der Waals surface area contributed by atoms with E-state index in [9.17, 15) is 18.0 Å². The number of rotatable bonds is 2. The van der Waals surface area contributed by atoms with Crippen molar-refractivity contribution in [2.75, 3.05) is 0 Å². The molecule has 19 heavy (non-hydrogen) atoms. The van der Waals surface area contributed by atoms with Crippen molar-refractivity contribution in [2.45, 2.75) is 6.92 Å². The van der Waals surface area contributed by atoms with Gasteiger partial charge in [-0.1, -0.05) is 11.6 Å². The molecule has 0 N–H and O–H groups in total. The van der Waals surface area contributed by atoms with E-state index in [1.807, 2.05) is 0 Å². The summed E-state index contributed by atoms with van der Waals surface area (Å²) >= 11 is 5.81. The number of carbonyl (C=O) groups is 1. The molecule has 2 aromatic carbocycles. The van der Waals surface area contributed by atoms with Gasteiger partial charge in [0.05, 0.1) is 5.56 Å². The van der Waals surface area contributed by atoms with Crippen molar-refractivity contribution in [1.29, 1.82) is 0 Å². The van der Waals surface area contributed by atoms with Crippen LogP contribution in [0, 0.1) is 24.4 Å². The predicted octanol–water partition coefficient (Wildman–Crippen LogP) is 4.30. The van der Waals surface area contributed by atoms with Crippen LogP contribution >= 0.6 is 11.6 Å². The van der Waals surface area contributed by atoms with Gasteiger partial charge in [-0.25, -0.2) is 13.2 Å². The zero-order chi connectivity index (χ0) is 14.2. The number of benzene rings is 2. The van der Waals surface area contributed by atoms with Crippen LogP contribution in [0.15, 0.2) is 30.3 Å². The van der Waals surface area contributed by atoms with Crippen LogP contribution in [0.3, 0.4) is 0 Å². The lowest BCUT2D eigenvalue weighted by Gasteiger charge is -2.06. The van der Waals surface area contributed by atoms with Crippen LogP contribution in [0.25, 0.3) is 0 Å². The van der Waals surface area contributed by atoms with Gasteiger partial charge in [-0.15, -0.1) is 0 Å². The van der Waals surface area contributed by atoms with Crippen LogP contribution in [0.4, 0.5) is 13.2 Å². The van der Waals surface area contributed by atoms with Gasteiger partial charge in [0.15, 0.2) is 23.2 Å². The molecule has 0 saturated heterocycles. The number of hydrogen-bond acceptors (Lipinski definition) is 1. The third-order valence-corrected chi connectivity index (χ3v) is 3.12. The van der Waals surface area contributed by atoms with Gasteiger partial charge in [0.2, 0.25) is 0 Å². The molecule has 0 unspecified atom stereocenters. The van der Waals surface area contributed by atoms with Crippen LogP contribution in [-0.4, -0.2) is 5.78 Å². The van der Waals surface area contributed by atoms with Crippen molar-refractivity contribution in [1.82, 2.24) is 0 Å². The quantitative estimate of drug-likeness (QED) is 0.594. The molecule has 0 heterocycles. The molecule has 1 nitrogen and oxygen atoms in total. The standard InChI is InChI=1S/C14H8ClF3O/c1-7-6-8(2-4-10(7)15)14(19)9-3-5-11(16)13(18)12(9)17/h2-6H,1H3. The summed E-state index contributed by atoms with van der Waals surface area (Å²) in [5.41, 5.74) is 0.280. The highest BCUT2D eigenvalue weighted by molar-refractivity contribution is 6.31. The first-order valence-electron chi connectivity index (χ1n) is 5.36. The van der Waals surface area contributed by atoms with Crippen molar-refractivity contribution in [3.63, 3.8) is 0 Å². The second-order valence-corrected chi connectivity index (χ2v) is 4.42. The van der Waals surface area contributed by atoms with Gasteiger partial charge >= 0.3 is 0 Å². The maximum absolute atomic E-state index is 13.5. The zero-order valence-corrected chi connectivity index (χ0v) is 10.6. The third-order valence-electron chi connectivity index (χ3n) is 2.70. The van der Waals surface area contributed by atoms with Gasteiger partial charge in [-0.3, -0.25) is 4.79 Å². The Hall–Kier alpha value is -1.81. The molecule has 2 aromatic rings. The minimum absolute atomic E-state index is 0.159. The number of ketones is 1. The fourth-order valence-corrected chi connectivity index (χ4v) is 1.76. The van der Waals surface area contributed by atoms with E-state index in [1.54, 1.807) is 6.92 Å². The van der Waals surface area contributed by atoms with E-state index in [4.69, 9.17) is 11.6 Å². The highest BCUT2D eigenvalue weighted by Crippen LogP contribution is 2.21. The average Bonchev–Trinajstić information content (AvgIpc) is 2.39. The molecule has 0 fully saturated rings. The first kappa shape index (κ1) is 13.6. The summed E-state index contributed by atoms with van der Waals surface area (Å²) in [5, 5.41) is 0.460. The van der Waals surface area contributed by atoms with E-state index in [-0.39, 0.29) is 5.56 Å².